The average Bonchev–Trinajstić information content (AvgIpc) is 2.97. The van der Waals surface area contributed by atoms with Crippen LogP contribution in [0.1, 0.15) is 48.3 Å². The van der Waals surface area contributed by atoms with E-state index in [0.717, 1.165) is 34.1 Å². The second-order valence-corrected chi connectivity index (χ2v) is 6.43. The molecule has 0 amide bonds. The zero-order valence-electron chi connectivity index (χ0n) is 15.3. The molecule has 3 rings (SSSR count). The number of benzene rings is 1. The lowest BCUT2D eigenvalue weighted by atomic mass is 10.2. The molecule has 1 aromatic carbocycles. The molecule has 0 N–H and O–H groups in total. The topological polar surface area (TPSA) is 61.0 Å². The van der Waals surface area contributed by atoms with E-state index in [9.17, 15) is 0 Å². The van der Waals surface area contributed by atoms with Crippen LogP contribution >= 0.6 is 0 Å². The van der Waals surface area contributed by atoms with E-state index in [4.69, 9.17) is 9.15 Å². The number of aromatic nitrogens is 3. The van der Waals surface area contributed by atoms with Gasteiger partial charge in [-0.2, -0.15) is 4.98 Å². The highest BCUT2D eigenvalue weighted by atomic mass is 16.5. The third-order valence-electron chi connectivity index (χ3n) is 4.14. The van der Waals surface area contributed by atoms with Crippen LogP contribution in [-0.4, -0.2) is 15.0 Å². The molecule has 2 aromatic heterocycles. The Morgan fingerprint density at radius 1 is 1.00 bits per heavy atom. The summed E-state index contributed by atoms with van der Waals surface area (Å²) in [4.78, 5) is 13.6. The molecule has 0 spiro atoms. The van der Waals surface area contributed by atoms with Crippen molar-refractivity contribution in [1.82, 2.24) is 15.0 Å². The Morgan fingerprint density at radius 2 is 1.72 bits per heavy atom. The Hall–Kier alpha value is -2.69. The third kappa shape index (κ3) is 3.71. The number of oxazole rings is 1. The summed E-state index contributed by atoms with van der Waals surface area (Å²) in [7, 11) is 0. The highest BCUT2D eigenvalue weighted by molar-refractivity contribution is 5.53. The Morgan fingerprint density at radius 3 is 2.40 bits per heavy atom. The zero-order valence-corrected chi connectivity index (χ0v) is 15.3. The monoisotopic (exact) mass is 337 g/mol. The number of hydrogen-bond donors (Lipinski definition) is 0. The van der Waals surface area contributed by atoms with Gasteiger partial charge in [0.05, 0.1) is 0 Å². The van der Waals surface area contributed by atoms with Gasteiger partial charge in [-0.05, 0) is 32.9 Å². The second kappa shape index (κ2) is 7.05. The van der Waals surface area contributed by atoms with Crippen molar-refractivity contribution in [3.05, 3.63) is 58.9 Å². The van der Waals surface area contributed by atoms with Crippen LogP contribution < -0.4 is 4.74 Å². The van der Waals surface area contributed by atoms with Crippen molar-refractivity contribution in [2.75, 3.05) is 0 Å². The van der Waals surface area contributed by atoms with Gasteiger partial charge < -0.3 is 9.15 Å². The van der Waals surface area contributed by atoms with Gasteiger partial charge in [0, 0.05) is 22.7 Å². The predicted octanol–water partition coefficient (Wildman–Crippen LogP) is 4.76. The molecule has 2 heterocycles. The minimum atomic E-state index is 0.250. The molecule has 25 heavy (non-hydrogen) atoms. The summed E-state index contributed by atoms with van der Waals surface area (Å²) in [5.41, 5.74) is 3.62. The summed E-state index contributed by atoms with van der Waals surface area (Å²) < 4.78 is 11.7. The van der Waals surface area contributed by atoms with Gasteiger partial charge in [0.2, 0.25) is 11.8 Å². The van der Waals surface area contributed by atoms with E-state index in [-0.39, 0.29) is 5.92 Å². The van der Waals surface area contributed by atoms with Crippen LogP contribution in [0.15, 0.2) is 34.7 Å². The van der Waals surface area contributed by atoms with Crippen molar-refractivity contribution in [1.29, 1.82) is 0 Å². The molecule has 0 radical (unpaired) electrons. The largest absolute Gasteiger partial charge is 0.471 e. The van der Waals surface area contributed by atoms with Crippen LogP contribution in [0.4, 0.5) is 0 Å². The minimum absolute atomic E-state index is 0.250. The molecule has 0 aliphatic rings. The van der Waals surface area contributed by atoms with Gasteiger partial charge in [-0.3, -0.25) is 0 Å². The highest BCUT2D eigenvalue weighted by Gasteiger charge is 2.15. The van der Waals surface area contributed by atoms with Gasteiger partial charge in [-0.15, -0.1) is 0 Å². The van der Waals surface area contributed by atoms with Crippen LogP contribution in [0, 0.1) is 20.8 Å². The van der Waals surface area contributed by atoms with Crippen molar-refractivity contribution in [3.63, 3.8) is 0 Å². The van der Waals surface area contributed by atoms with E-state index in [1.54, 1.807) is 0 Å². The Kier molecular flexibility index (Phi) is 4.83. The van der Waals surface area contributed by atoms with Crippen LogP contribution in [-0.2, 0) is 6.61 Å². The molecule has 3 aromatic rings. The SMILES string of the molecule is Cc1nc(C(C)C)nc(OCc2nc(-c3ccccc3)oc2C)c1C. The third-order valence-corrected chi connectivity index (χ3v) is 4.14. The minimum Gasteiger partial charge on any atom is -0.471 e. The molecule has 0 atom stereocenters. The van der Waals surface area contributed by atoms with E-state index in [0.29, 0.717) is 18.4 Å². The van der Waals surface area contributed by atoms with E-state index in [1.807, 2.05) is 51.1 Å². The van der Waals surface area contributed by atoms with E-state index >= 15 is 0 Å². The van der Waals surface area contributed by atoms with Crippen molar-refractivity contribution >= 4 is 0 Å². The van der Waals surface area contributed by atoms with Crippen molar-refractivity contribution in [2.24, 2.45) is 0 Å². The lowest BCUT2D eigenvalue weighted by Gasteiger charge is -2.12. The molecule has 0 aliphatic carbocycles. The van der Waals surface area contributed by atoms with Crippen LogP contribution in [0.5, 0.6) is 5.88 Å². The second-order valence-electron chi connectivity index (χ2n) is 6.43. The molecule has 0 fully saturated rings. The standard InChI is InChI=1S/C20H23N3O2/c1-12(2)18-21-14(4)13(3)19(23-18)24-11-17-15(5)25-20(22-17)16-9-7-6-8-10-16/h6-10,12H,11H2,1-5H3. The van der Waals surface area contributed by atoms with Gasteiger partial charge in [0.1, 0.15) is 23.9 Å². The highest BCUT2D eigenvalue weighted by Crippen LogP contribution is 2.24. The first-order chi connectivity index (χ1) is 12.0. The van der Waals surface area contributed by atoms with Gasteiger partial charge in [0.15, 0.2) is 0 Å². The Labute approximate surface area is 148 Å². The number of ether oxygens (including phenoxy) is 1. The number of nitrogens with zero attached hydrogens (tertiary/aromatic N) is 3. The summed E-state index contributed by atoms with van der Waals surface area (Å²) in [6.07, 6.45) is 0. The van der Waals surface area contributed by atoms with Gasteiger partial charge >= 0.3 is 0 Å². The molecular formula is C20H23N3O2. The van der Waals surface area contributed by atoms with Crippen molar-refractivity contribution in [3.8, 4) is 17.3 Å². The molecule has 5 heteroatoms. The maximum Gasteiger partial charge on any atom is 0.226 e. The fraction of sp³-hybridized carbons (Fsp3) is 0.350. The molecule has 130 valence electrons. The lowest BCUT2D eigenvalue weighted by Crippen LogP contribution is -2.07. The summed E-state index contributed by atoms with van der Waals surface area (Å²) >= 11 is 0. The maximum atomic E-state index is 5.95. The zero-order chi connectivity index (χ0) is 18.0. The predicted molar refractivity (Wildman–Crippen MR) is 96.6 cm³/mol. The first-order valence-electron chi connectivity index (χ1n) is 8.45. The summed E-state index contributed by atoms with van der Waals surface area (Å²) in [6.45, 7) is 10.3. The Bertz CT molecular complexity index is 870. The number of hydrogen-bond acceptors (Lipinski definition) is 5. The lowest BCUT2D eigenvalue weighted by molar-refractivity contribution is 0.283. The quantitative estimate of drug-likeness (QED) is 0.672. The van der Waals surface area contributed by atoms with Gasteiger partial charge in [0.25, 0.3) is 0 Å². The fourth-order valence-corrected chi connectivity index (χ4v) is 2.42. The Balaban J connectivity index is 1.82. The molecule has 5 nitrogen and oxygen atoms in total. The van der Waals surface area contributed by atoms with Gasteiger partial charge in [-0.25, -0.2) is 9.97 Å². The molecule has 0 unspecified atom stereocenters. The van der Waals surface area contributed by atoms with Crippen molar-refractivity contribution in [2.45, 2.75) is 47.1 Å². The maximum absolute atomic E-state index is 5.95. The molecular weight excluding hydrogens is 314 g/mol. The fourth-order valence-electron chi connectivity index (χ4n) is 2.42. The van der Waals surface area contributed by atoms with Crippen LogP contribution in [0.3, 0.4) is 0 Å². The normalized spacial score (nSPS) is 11.1. The smallest absolute Gasteiger partial charge is 0.226 e. The number of aryl methyl sites for hydroxylation is 2. The molecule has 0 saturated heterocycles. The van der Waals surface area contributed by atoms with E-state index < -0.39 is 0 Å². The molecule has 0 bridgehead atoms. The van der Waals surface area contributed by atoms with Crippen molar-refractivity contribution < 1.29 is 9.15 Å². The summed E-state index contributed by atoms with van der Waals surface area (Å²) in [6, 6.07) is 9.85. The average molecular weight is 337 g/mol. The van der Waals surface area contributed by atoms with E-state index in [1.165, 1.54) is 0 Å². The molecule has 0 aliphatic heterocycles. The van der Waals surface area contributed by atoms with Gasteiger partial charge in [-0.1, -0.05) is 32.0 Å². The first kappa shape index (κ1) is 17.1. The molecule has 0 saturated carbocycles. The summed E-state index contributed by atoms with van der Waals surface area (Å²) in [5, 5.41) is 0. The first-order valence-corrected chi connectivity index (χ1v) is 8.45. The van der Waals surface area contributed by atoms with Crippen LogP contribution in [0.25, 0.3) is 11.5 Å². The van der Waals surface area contributed by atoms with Crippen LogP contribution in [0.2, 0.25) is 0 Å². The van der Waals surface area contributed by atoms with E-state index in [2.05, 4.69) is 28.8 Å². The summed E-state index contributed by atoms with van der Waals surface area (Å²) in [5.74, 6) is 3.02. The number of rotatable bonds is 5.